The van der Waals surface area contributed by atoms with E-state index in [-0.39, 0.29) is 5.91 Å². The number of hydrogen-bond donors (Lipinski definition) is 2. The molecular weight excluding hydrogens is 184 g/mol. The van der Waals surface area contributed by atoms with E-state index in [0.717, 1.165) is 0 Å². The first-order valence-electron chi connectivity index (χ1n) is 3.92. The molecule has 2 aromatic rings. The van der Waals surface area contributed by atoms with E-state index in [0.29, 0.717) is 11.6 Å². The summed E-state index contributed by atoms with van der Waals surface area (Å²) in [5, 5.41) is 12.6. The molecule has 0 aliphatic heterocycles. The first-order valence-corrected chi connectivity index (χ1v) is 3.92. The fourth-order valence-corrected chi connectivity index (χ4v) is 0.973. The molecule has 0 saturated heterocycles. The number of hydrogen-bond acceptors (Lipinski definition) is 4. The molecule has 0 fully saturated rings. The van der Waals surface area contributed by atoms with Crippen LogP contribution in [0.3, 0.4) is 0 Å². The van der Waals surface area contributed by atoms with E-state index >= 15 is 0 Å². The number of anilines is 1. The standard InChI is InChI=1S/C7H8N6O/c1-13-3-2-5(12-13)6(14)10-7-8-4-9-11-7/h2-4H,1H3,(H2,8,9,10,11,14). The first-order chi connectivity index (χ1) is 6.75. The first kappa shape index (κ1) is 8.42. The average Bonchev–Trinajstić information content (AvgIpc) is 2.75. The van der Waals surface area contributed by atoms with Crippen LogP contribution in [0.25, 0.3) is 0 Å². The lowest BCUT2D eigenvalue weighted by Crippen LogP contribution is -2.14. The molecule has 0 spiro atoms. The van der Waals surface area contributed by atoms with Crippen LogP contribution in [0.15, 0.2) is 18.6 Å². The SMILES string of the molecule is Cn1ccc(C(=O)Nc2ncn[nH]2)n1. The molecule has 0 aliphatic carbocycles. The number of carbonyl (C=O) groups is 1. The lowest BCUT2D eigenvalue weighted by molar-refractivity contribution is 0.102. The van der Waals surface area contributed by atoms with Crippen molar-refractivity contribution in [2.45, 2.75) is 0 Å². The number of H-pyrrole nitrogens is 1. The molecule has 0 aliphatic rings. The zero-order valence-corrected chi connectivity index (χ0v) is 7.43. The Bertz CT molecular complexity index is 431. The van der Waals surface area contributed by atoms with Crippen LogP contribution in [0.4, 0.5) is 5.95 Å². The van der Waals surface area contributed by atoms with Gasteiger partial charge < -0.3 is 0 Å². The Morgan fingerprint density at radius 3 is 3.07 bits per heavy atom. The Kier molecular flexibility index (Phi) is 1.98. The van der Waals surface area contributed by atoms with Crippen molar-refractivity contribution in [3.05, 3.63) is 24.3 Å². The van der Waals surface area contributed by atoms with E-state index < -0.39 is 0 Å². The Morgan fingerprint density at radius 1 is 1.64 bits per heavy atom. The number of aromatic nitrogens is 5. The average molecular weight is 192 g/mol. The minimum Gasteiger partial charge on any atom is -0.289 e. The molecule has 0 atom stereocenters. The molecule has 0 aromatic carbocycles. The molecule has 7 nitrogen and oxygen atoms in total. The lowest BCUT2D eigenvalue weighted by atomic mass is 10.4. The van der Waals surface area contributed by atoms with E-state index in [1.165, 1.54) is 6.33 Å². The minimum absolute atomic E-state index is 0.306. The molecule has 2 rings (SSSR count). The number of carbonyl (C=O) groups excluding carboxylic acids is 1. The Balaban J connectivity index is 2.10. The second kappa shape index (κ2) is 3.29. The van der Waals surface area contributed by atoms with Gasteiger partial charge in [-0.15, -0.1) is 0 Å². The summed E-state index contributed by atoms with van der Waals surface area (Å²) in [6, 6.07) is 1.62. The number of aryl methyl sites for hydroxylation is 1. The van der Waals surface area contributed by atoms with Gasteiger partial charge in [-0.2, -0.15) is 15.2 Å². The third kappa shape index (κ3) is 1.60. The van der Waals surface area contributed by atoms with Crippen LogP contribution in [0.1, 0.15) is 10.5 Å². The van der Waals surface area contributed by atoms with Crippen molar-refractivity contribution >= 4 is 11.9 Å². The largest absolute Gasteiger partial charge is 0.289 e. The summed E-state index contributed by atoms with van der Waals surface area (Å²) in [4.78, 5) is 15.2. The van der Waals surface area contributed by atoms with E-state index in [1.54, 1.807) is 24.0 Å². The molecule has 7 heteroatoms. The van der Waals surface area contributed by atoms with Crippen LogP contribution < -0.4 is 5.32 Å². The van der Waals surface area contributed by atoms with E-state index in [1.807, 2.05) is 0 Å². The van der Waals surface area contributed by atoms with Gasteiger partial charge in [0.05, 0.1) is 0 Å². The zero-order chi connectivity index (χ0) is 9.97. The van der Waals surface area contributed by atoms with Gasteiger partial charge in [0.2, 0.25) is 5.95 Å². The molecular formula is C7H8N6O. The van der Waals surface area contributed by atoms with Crippen LogP contribution in [0, 0.1) is 0 Å². The van der Waals surface area contributed by atoms with Gasteiger partial charge in [-0.1, -0.05) is 0 Å². The van der Waals surface area contributed by atoms with Crippen LogP contribution in [-0.4, -0.2) is 30.9 Å². The quantitative estimate of drug-likeness (QED) is 0.689. The van der Waals surface area contributed by atoms with Gasteiger partial charge >= 0.3 is 0 Å². The van der Waals surface area contributed by atoms with Crippen molar-refractivity contribution in [1.29, 1.82) is 0 Å². The molecule has 14 heavy (non-hydrogen) atoms. The van der Waals surface area contributed by atoms with Crippen LogP contribution in [0.2, 0.25) is 0 Å². The fraction of sp³-hybridized carbons (Fsp3) is 0.143. The molecule has 0 unspecified atom stereocenters. The van der Waals surface area contributed by atoms with E-state index in [2.05, 4.69) is 25.6 Å². The Hall–Kier alpha value is -2.18. The molecule has 0 saturated carbocycles. The minimum atomic E-state index is -0.317. The predicted octanol–water partition coefficient (Wildman–Crippen LogP) is -0.210. The van der Waals surface area contributed by atoms with Crippen molar-refractivity contribution in [1.82, 2.24) is 25.0 Å². The molecule has 72 valence electrons. The number of nitrogens with zero attached hydrogens (tertiary/aromatic N) is 4. The van der Waals surface area contributed by atoms with Gasteiger partial charge in [-0.3, -0.25) is 14.8 Å². The third-order valence-corrected chi connectivity index (χ3v) is 1.59. The number of aromatic amines is 1. The van der Waals surface area contributed by atoms with Crippen LogP contribution >= 0.6 is 0 Å². The zero-order valence-electron chi connectivity index (χ0n) is 7.43. The summed E-state index contributed by atoms with van der Waals surface area (Å²) in [6.07, 6.45) is 3.00. The summed E-state index contributed by atoms with van der Waals surface area (Å²) in [6.45, 7) is 0. The molecule has 0 bridgehead atoms. The van der Waals surface area contributed by atoms with Gasteiger partial charge in [0.1, 0.15) is 6.33 Å². The highest BCUT2D eigenvalue weighted by Gasteiger charge is 2.09. The van der Waals surface area contributed by atoms with Crippen molar-refractivity contribution in [3.8, 4) is 0 Å². The van der Waals surface area contributed by atoms with Crippen molar-refractivity contribution < 1.29 is 4.79 Å². The van der Waals surface area contributed by atoms with E-state index in [4.69, 9.17) is 0 Å². The number of rotatable bonds is 2. The molecule has 0 radical (unpaired) electrons. The highest BCUT2D eigenvalue weighted by atomic mass is 16.2. The lowest BCUT2D eigenvalue weighted by Gasteiger charge is -1.96. The molecule has 2 heterocycles. The second-order valence-corrected chi connectivity index (χ2v) is 2.66. The summed E-state index contributed by atoms with van der Waals surface area (Å²) in [7, 11) is 1.74. The Morgan fingerprint density at radius 2 is 2.50 bits per heavy atom. The molecule has 2 N–H and O–H groups in total. The van der Waals surface area contributed by atoms with Crippen molar-refractivity contribution in [2.24, 2.45) is 7.05 Å². The van der Waals surface area contributed by atoms with Gasteiger partial charge in [0, 0.05) is 13.2 Å². The van der Waals surface area contributed by atoms with Crippen molar-refractivity contribution in [3.63, 3.8) is 0 Å². The van der Waals surface area contributed by atoms with Crippen LogP contribution in [0.5, 0.6) is 0 Å². The van der Waals surface area contributed by atoms with Gasteiger partial charge in [0.25, 0.3) is 5.91 Å². The van der Waals surface area contributed by atoms with Crippen molar-refractivity contribution in [2.75, 3.05) is 5.32 Å². The second-order valence-electron chi connectivity index (χ2n) is 2.66. The monoisotopic (exact) mass is 192 g/mol. The van der Waals surface area contributed by atoms with Gasteiger partial charge in [-0.25, -0.2) is 5.10 Å². The number of amides is 1. The Labute approximate surface area is 79.2 Å². The summed E-state index contributed by atoms with van der Waals surface area (Å²) in [5.41, 5.74) is 0.337. The molecule has 2 aromatic heterocycles. The maximum atomic E-state index is 11.5. The maximum Gasteiger partial charge on any atom is 0.278 e. The van der Waals surface area contributed by atoms with Crippen LogP contribution in [-0.2, 0) is 7.05 Å². The topological polar surface area (TPSA) is 88.5 Å². The molecule has 1 amide bonds. The predicted molar refractivity (Wildman–Crippen MR) is 47.5 cm³/mol. The van der Waals surface area contributed by atoms with E-state index in [9.17, 15) is 4.79 Å². The number of nitrogens with one attached hydrogen (secondary N) is 2. The highest BCUT2D eigenvalue weighted by molar-refractivity contribution is 6.01. The smallest absolute Gasteiger partial charge is 0.278 e. The summed E-state index contributed by atoms with van der Waals surface area (Å²) in [5.74, 6) is -0.0111. The fourth-order valence-electron chi connectivity index (χ4n) is 0.973. The normalized spacial score (nSPS) is 10.1. The highest BCUT2D eigenvalue weighted by Crippen LogP contribution is 1.99. The third-order valence-electron chi connectivity index (χ3n) is 1.59. The van der Waals surface area contributed by atoms with Gasteiger partial charge in [0.15, 0.2) is 5.69 Å². The maximum absolute atomic E-state index is 11.5. The summed E-state index contributed by atoms with van der Waals surface area (Å²) >= 11 is 0. The summed E-state index contributed by atoms with van der Waals surface area (Å²) < 4.78 is 1.55. The van der Waals surface area contributed by atoms with Gasteiger partial charge in [-0.05, 0) is 6.07 Å².